The standard InChI is InChI=1S/C16H46O8SSi8/c1-9-26-17-28(11-3)21-32(15-7,22-29(12-4)18-26)25-33(16-8)23-30(13-5)19-27(10-2)20-31(14-6)24-33/h26-31H,9-16H2,1-8H3. The van der Waals surface area contributed by atoms with Crippen LogP contribution in [0.3, 0.4) is 0 Å². The summed E-state index contributed by atoms with van der Waals surface area (Å²) in [5.74, 6) is 0. The molecular formula is C16H46O8SSi8. The van der Waals surface area contributed by atoms with Crippen LogP contribution in [0, 0.1) is 0 Å². The van der Waals surface area contributed by atoms with E-state index in [1.54, 1.807) is 0 Å². The van der Waals surface area contributed by atoms with E-state index in [1.807, 2.05) is 10.7 Å². The summed E-state index contributed by atoms with van der Waals surface area (Å²) < 4.78 is 53.8. The van der Waals surface area contributed by atoms with Gasteiger partial charge in [0.15, 0.2) is 0 Å². The molecule has 0 saturated carbocycles. The van der Waals surface area contributed by atoms with Gasteiger partial charge in [0.1, 0.15) is 0 Å². The Bertz CT molecular complexity index is 495. The Morgan fingerprint density at radius 3 is 0.848 bits per heavy atom. The van der Waals surface area contributed by atoms with Crippen LogP contribution in [0.25, 0.3) is 0 Å². The molecule has 196 valence electrons. The zero-order valence-corrected chi connectivity index (χ0v) is 31.5. The summed E-state index contributed by atoms with van der Waals surface area (Å²) >= 11 is 0. The summed E-state index contributed by atoms with van der Waals surface area (Å²) in [6.45, 7) is 17.4. The van der Waals surface area contributed by atoms with Gasteiger partial charge in [-0.1, -0.05) is 66.1 Å². The van der Waals surface area contributed by atoms with Crippen molar-refractivity contribution in [3.63, 3.8) is 0 Å². The molecule has 0 bridgehead atoms. The molecule has 0 aromatic carbocycles. The summed E-state index contributed by atoms with van der Waals surface area (Å²) in [6.07, 6.45) is 0. The van der Waals surface area contributed by atoms with Gasteiger partial charge in [-0.25, -0.2) is 0 Å². The Kier molecular flexibility index (Phi) is 14.3. The maximum absolute atomic E-state index is 6.94. The van der Waals surface area contributed by atoms with Crippen LogP contribution in [-0.4, -0.2) is 71.1 Å². The smallest absolute Gasteiger partial charge is 0.386 e. The Hall–Kier alpha value is 1.77. The van der Waals surface area contributed by atoms with Crippen LogP contribution in [0.15, 0.2) is 0 Å². The third-order valence-corrected chi connectivity index (χ3v) is 44.3. The quantitative estimate of drug-likeness (QED) is 0.342. The molecule has 0 aromatic rings. The molecule has 2 saturated heterocycles. The minimum Gasteiger partial charge on any atom is -0.420 e. The van der Waals surface area contributed by atoms with Crippen molar-refractivity contribution >= 4 is 81.8 Å². The van der Waals surface area contributed by atoms with Gasteiger partial charge in [-0.15, -0.1) is 0 Å². The van der Waals surface area contributed by atoms with Gasteiger partial charge in [-0.3, -0.25) is 0 Å². The molecule has 4 unspecified atom stereocenters. The molecule has 2 rings (SSSR count). The lowest BCUT2D eigenvalue weighted by atomic mass is 11.0. The lowest BCUT2D eigenvalue weighted by Gasteiger charge is -2.45. The fraction of sp³-hybridized carbons (Fsp3) is 1.00. The van der Waals surface area contributed by atoms with Gasteiger partial charge in [0.2, 0.25) is 0 Å². The first-order valence-electron chi connectivity index (χ1n) is 12.9. The SMILES string of the molecule is CC[SiH]1O[SiH](CC)O[Si](CC)(S[Si]2(CC)O[SiH](CC)O[SiH](CC)O[SiH](CC)O2)O[SiH](CC)O1. The Morgan fingerprint density at radius 1 is 0.424 bits per heavy atom. The minimum atomic E-state index is -2.71. The largest absolute Gasteiger partial charge is 0.420 e. The van der Waals surface area contributed by atoms with Gasteiger partial charge in [-0.2, -0.15) is 0 Å². The van der Waals surface area contributed by atoms with Crippen LogP contribution in [0.1, 0.15) is 55.4 Å². The third-order valence-electron chi connectivity index (χ3n) is 5.64. The van der Waals surface area contributed by atoms with Crippen LogP contribution in [0.2, 0.25) is 48.4 Å². The molecule has 0 radical (unpaired) electrons. The predicted molar refractivity (Wildman–Crippen MR) is 155 cm³/mol. The molecule has 8 nitrogen and oxygen atoms in total. The van der Waals surface area contributed by atoms with E-state index in [4.69, 9.17) is 32.9 Å². The van der Waals surface area contributed by atoms with E-state index in [2.05, 4.69) is 55.4 Å². The zero-order chi connectivity index (χ0) is 24.5. The average Bonchev–Trinajstić information content (AvgIpc) is 2.82. The van der Waals surface area contributed by atoms with Crippen LogP contribution in [0.5, 0.6) is 0 Å². The summed E-state index contributed by atoms with van der Waals surface area (Å²) in [7, 11) is -14.5. The second-order valence-electron chi connectivity index (χ2n) is 8.22. The van der Waals surface area contributed by atoms with E-state index in [0.29, 0.717) is 0 Å². The fourth-order valence-electron chi connectivity index (χ4n) is 3.62. The van der Waals surface area contributed by atoms with Crippen molar-refractivity contribution in [3.05, 3.63) is 0 Å². The lowest BCUT2D eigenvalue weighted by Crippen LogP contribution is -2.61. The highest BCUT2D eigenvalue weighted by atomic mass is 32.5. The maximum Gasteiger partial charge on any atom is 0.386 e. The summed E-state index contributed by atoms with van der Waals surface area (Å²) in [5.41, 5.74) is 0. The maximum atomic E-state index is 6.94. The van der Waals surface area contributed by atoms with Crippen molar-refractivity contribution in [2.24, 2.45) is 0 Å². The van der Waals surface area contributed by atoms with E-state index < -0.39 is 71.1 Å². The minimum absolute atomic E-state index is 0.835. The molecule has 4 atom stereocenters. The molecule has 0 spiro atoms. The van der Waals surface area contributed by atoms with Crippen LogP contribution in [0.4, 0.5) is 0 Å². The Morgan fingerprint density at radius 2 is 0.667 bits per heavy atom. The van der Waals surface area contributed by atoms with Crippen molar-refractivity contribution in [2.45, 2.75) is 104 Å². The van der Waals surface area contributed by atoms with E-state index in [1.165, 1.54) is 0 Å². The molecule has 0 aliphatic carbocycles. The van der Waals surface area contributed by atoms with Gasteiger partial charge < -0.3 is 32.9 Å². The molecule has 0 amide bonds. The molecule has 17 heteroatoms. The second-order valence-corrected chi connectivity index (χ2v) is 36.9. The molecule has 2 fully saturated rings. The average molecular weight is 623 g/mol. The van der Waals surface area contributed by atoms with Gasteiger partial charge in [0.05, 0.1) is 0 Å². The van der Waals surface area contributed by atoms with Crippen LogP contribution in [-0.2, 0) is 32.9 Å². The number of hydrogen-bond donors (Lipinski definition) is 0. The Balaban J connectivity index is 2.39. The second kappa shape index (κ2) is 15.2. The highest BCUT2D eigenvalue weighted by Crippen LogP contribution is 2.43. The summed E-state index contributed by atoms with van der Waals surface area (Å²) in [6, 6.07) is 7.25. The van der Waals surface area contributed by atoms with Gasteiger partial charge in [0.25, 0.3) is 0 Å². The highest BCUT2D eigenvalue weighted by molar-refractivity contribution is 8.48. The van der Waals surface area contributed by atoms with E-state index >= 15 is 0 Å². The van der Waals surface area contributed by atoms with Crippen molar-refractivity contribution in [1.82, 2.24) is 0 Å². The number of hydrogen-bond acceptors (Lipinski definition) is 9. The predicted octanol–water partition coefficient (Wildman–Crippen LogP) is 3.24. The lowest BCUT2D eigenvalue weighted by molar-refractivity contribution is 0.273. The molecule has 0 aromatic heterocycles. The molecule has 2 heterocycles. The van der Waals surface area contributed by atoms with Gasteiger partial charge >= 0.3 is 71.1 Å². The number of rotatable bonds is 10. The van der Waals surface area contributed by atoms with E-state index in [9.17, 15) is 0 Å². The third kappa shape index (κ3) is 8.93. The molecule has 2 aliphatic heterocycles. The normalized spacial score (nSPS) is 41.1. The summed E-state index contributed by atoms with van der Waals surface area (Å²) in [4.78, 5) is 0. The van der Waals surface area contributed by atoms with E-state index in [0.717, 1.165) is 48.4 Å². The van der Waals surface area contributed by atoms with Crippen LogP contribution >= 0.6 is 10.7 Å². The van der Waals surface area contributed by atoms with Crippen molar-refractivity contribution in [3.8, 4) is 0 Å². The van der Waals surface area contributed by atoms with Crippen LogP contribution < -0.4 is 0 Å². The van der Waals surface area contributed by atoms with E-state index in [-0.39, 0.29) is 0 Å². The van der Waals surface area contributed by atoms with Crippen molar-refractivity contribution in [1.29, 1.82) is 0 Å². The first kappa shape index (κ1) is 31.0. The fourth-order valence-corrected chi connectivity index (χ4v) is 54.4. The molecule has 33 heavy (non-hydrogen) atoms. The Labute approximate surface area is 217 Å². The summed E-state index contributed by atoms with van der Waals surface area (Å²) in [5, 5.41) is 0. The first-order valence-corrected chi connectivity index (χ1v) is 29.7. The zero-order valence-electron chi connectivity index (χ0n) is 21.8. The van der Waals surface area contributed by atoms with Gasteiger partial charge in [-0.05, 0) is 48.4 Å². The van der Waals surface area contributed by atoms with Crippen molar-refractivity contribution < 1.29 is 32.9 Å². The monoisotopic (exact) mass is 622 g/mol. The topological polar surface area (TPSA) is 73.8 Å². The highest BCUT2D eigenvalue weighted by Gasteiger charge is 2.56. The molecule has 2 aliphatic rings. The first-order chi connectivity index (χ1) is 15.8. The van der Waals surface area contributed by atoms with Gasteiger partial charge in [0, 0.05) is 0 Å². The molecule has 0 N–H and O–H groups in total. The van der Waals surface area contributed by atoms with Crippen molar-refractivity contribution in [2.75, 3.05) is 0 Å². The molecular weight excluding hydrogens is 577 g/mol.